The van der Waals surface area contributed by atoms with Crippen LogP contribution in [-0.2, 0) is 9.53 Å². The van der Waals surface area contributed by atoms with Gasteiger partial charge in [-0.05, 0) is 25.3 Å². The second-order valence-electron chi connectivity index (χ2n) is 5.60. The summed E-state index contributed by atoms with van der Waals surface area (Å²) in [5, 5.41) is 12.2. The maximum absolute atomic E-state index is 12.4. The molecular weight excluding hydrogens is 268 g/mol. The van der Waals surface area contributed by atoms with Gasteiger partial charge in [0.2, 0.25) is 5.91 Å². The van der Waals surface area contributed by atoms with E-state index in [2.05, 4.69) is 5.32 Å². The largest absolute Gasteiger partial charge is 0.392 e. The smallest absolute Gasteiger partial charge is 0.226 e. The first-order valence-corrected chi connectivity index (χ1v) is 7.47. The summed E-state index contributed by atoms with van der Waals surface area (Å²) < 4.78 is 5.81. The van der Waals surface area contributed by atoms with Crippen molar-refractivity contribution in [1.29, 1.82) is 0 Å². The minimum absolute atomic E-state index is 0.0559. The number of aliphatic hydroxyl groups is 1. The average molecular weight is 292 g/mol. The van der Waals surface area contributed by atoms with Crippen LogP contribution in [0, 0.1) is 5.92 Å². The summed E-state index contributed by atoms with van der Waals surface area (Å²) in [4.78, 5) is 12.4. The first kappa shape index (κ1) is 15.9. The fourth-order valence-electron chi connectivity index (χ4n) is 2.54. The van der Waals surface area contributed by atoms with Crippen molar-refractivity contribution in [3.8, 4) is 0 Å². The molecule has 1 heterocycles. The number of carbonyl (C=O) groups excluding carboxylic acids is 1. The Morgan fingerprint density at radius 1 is 1.48 bits per heavy atom. The SMILES string of the molecule is CC(O)C(N)CNC(=O)C1CCCOC1c1ccccc1. The summed E-state index contributed by atoms with van der Waals surface area (Å²) in [6, 6.07) is 9.37. The molecule has 1 saturated heterocycles. The second kappa shape index (κ2) is 7.54. The van der Waals surface area contributed by atoms with E-state index in [4.69, 9.17) is 10.5 Å². The standard InChI is InChI=1S/C16H24N2O3/c1-11(19)14(17)10-18-16(20)13-8-5-9-21-15(13)12-6-3-2-4-7-12/h2-4,6-7,11,13-15,19H,5,8-10,17H2,1H3,(H,18,20). The molecule has 0 radical (unpaired) electrons. The van der Waals surface area contributed by atoms with Crippen LogP contribution < -0.4 is 11.1 Å². The van der Waals surface area contributed by atoms with E-state index in [-0.39, 0.29) is 24.5 Å². The highest BCUT2D eigenvalue weighted by atomic mass is 16.5. The molecular formula is C16H24N2O3. The molecule has 0 saturated carbocycles. The zero-order valence-electron chi connectivity index (χ0n) is 12.4. The van der Waals surface area contributed by atoms with Gasteiger partial charge in [-0.15, -0.1) is 0 Å². The Hall–Kier alpha value is -1.43. The monoisotopic (exact) mass is 292 g/mol. The zero-order valence-corrected chi connectivity index (χ0v) is 12.4. The highest BCUT2D eigenvalue weighted by Crippen LogP contribution is 2.33. The molecule has 1 aromatic rings. The quantitative estimate of drug-likeness (QED) is 0.755. The molecule has 0 bridgehead atoms. The normalized spacial score (nSPS) is 25.1. The number of carbonyl (C=O) groups is 1. The number of ether oxygens (including phenoxy) is 1. The molecule has 0 aromatic heterocycles. The van der Waals surface area contributed by atoms with Gasteiger partial charge in [-0.2, -0.15) is 0 Å². The van der Waals surface area contributed by atoms with Crippen LogP contribution in [-0.4, -0.2) is 36.3 Å². The minimum Gasteiger partial charge on any atom is -0.392 e. The number of aliphatic hydroxyl groups excluding tert-OH is 1. The van der Waals surface area contributed by atoms with Crippen LogP contribution in [0.15, 0.2) is 30.3 Å². The van der Waals surface area contributed by atoms with Crippen molar-refractivity contribution in [3.63, 3.8) is 0 Å². The van der Waals surface area contributed by atoms with E-state index in [0.29, 0.717) is 6.61 Å². The molecule has 5 heteroatoms. The Balaban J connectivity index is 2.00. The molecule has 5 nitrogen and oxygen atoms in total. The van der Waals surface area contributed by atoms with Crippen molar-refractivity contribution < 1.29 is 14.6 Å². The maximum atomic E-state index is 12.4. The van der Waals surface area contributed by atoms with Crippen molar-refractivity contribution in [2.24, 2.45) is 11.7 Å². The van der Waals surface area contributed by atoms with Crippen LogP contribution in [0.3, 0.4) is 0 Å². The van der Waals surface area contributed by atoms with Gasteiger partial charge in [0.25, 0.3) is 0 Å². The predicted molar refractivity (Wildman–Crippen MR) is 80.5 cm³/mol. The average Bonchev–Trinajstić information content (AvgIpc) is 2.53. The summed E-state index contributed by atoms with van der Waals surface area (Å²) in [5.41, 5.74) is 6.77. The lowest BCUT2D eigenvalue weighted by molar-refractivity contribution is -0.134. The van der Waals surface area contributed by atoms with Crippen molar-refractivity contribution in [1.82, 2.24) is 5.32 Å². The van der Waals surface area contributed by atoms with Crippen molar-refractivity contribution in [2.75, 3.05) is 13.2 Å². The van der Waals surface area contributed by atoms with Gasteiger partial charge in [-0.1, -0.05) is 30.3 Å². The lowest BCUT2D eigenvalue weighted by atomic mass is 9.88. The van der Waals surface area contributed by atoms with E-state index in [1.807, 2.05) is 30.3 Å². The van der Waals surface area contributed by atoms with Gasteiger partial charge in [0.1, 0.15) is 0 Å². The summed E-state index contributed by atoms with van der Waals surface area (Å²) in [5.74, 6) is -0.262. The van der Waals surface area contributed by atoms with Gasteiger partial charge in [0.05, 0.1) is 18.1 Å². The molecule has 1 amide bonds. The summed E-state index contributed by atoms with van der Waals surface area (Å²) in [7, 11) is 0. The van der Waals surface area contributed by atoms with Crippen LogP contribution in [0.1, 0.15) is 31.4 Å². The van der Waals surface area contributed by atoms with E-state index in [0.717, 1.165) is 18.4 Å². The number of amides is 1. The van der Waals surface area contributed by atoms with Crippen LogP contribution in [0.4, 0.5) is 0 Å². The predicted octanol–water partition coefficient (Wildman–Crippen LogP) is 0.979. The number of hydrogen-bond donors (Lipinski definition) is 3. The molecule has 21 heavy (non-hydrogen) atoms. The minimum atomic E-state index is -0.641. The van der Waals surface area contributed by atoms with Crippen molar-refractivity contribution >= 4 is 5.91 Å². The molecule has 1 fully saturated rings. The Labute approximate surface area is 125 Å². The van der Waals surface area contributed by atoms with Crippen molar-refractivity contribution in [3.05, 3.63) is 35.9 Å². The number of nitrogens with one attached hydrogen (secondary N) is 1. The third-order valence-corrected chi connectivity index (χ3v) is 3.92. The van der Waals surface area contributed by atoms with E-state index in [1.165, 1.54) is 0 Å². The summed E-state index contributed by atoms with van der Waals surface area (Å²) in [6.45, 7) is 2.57. The highest BCUT2D eigenvalue weighted by molar-refractivity contribution is 5.79. The van der Waals surface area contributed by atoms with E-state index >= 15 is 0 Å². The van der Waals surface area contributed by atoms with Crippen molar-refractivity contribution in [2.45, 2.75) is 38.0 Å². The highest BCUT2D eigenvalue weighted by Gasteiger charge is 2.33. The first-order valence-electron chi connectivity index (χ1n) is 7.47. The maximum Gasteiger partial charge on any atom is 0.226 e. The molecule has 4 N–H and O–H groups in total. The molecule has 0 aliphatic carbocycles. The fraction of sp³-hybridized carbons (Fsp3) is 0.562. The number of benzene rings is 1. The Kier molecular flexibility index (Phi) is 5.73. The Morgan fingerprint density at radius 2 is 2.19 bits per heavy atom. The van der Waals surface area contributed by atoms with E-state index < -0.39 is 12.1 Å². The van der Waals surface area contributed by atoms with Gasteiger partial charge in [-0.25, -0.2) is 0 Å². The van der Waals surface area contributed by atoms with Gasteiger partial charge in [0, 0.05) is 19.2 Å². The molecule has 0 spiro atoms. The fourth-order valence-corrected chi connectivity index (χ4v) is 2.54. The van der Waals surface area contributed by atoms with Gasteiger partial charge in [0.15, 0.2) is 0 Å². The molecule has 1 aliphatic rings. The van der Waals surface area contributed by atoms with Gasteiger partial charge < -0.3 is 20.9 Å². The Bertz CT molecular complexity index is 450. The zero-order chi connectivity index (χ0) is 15.2. The third kappa shape index (κ3) is 4.27. The second-order valence-corrected chi connectivity index (χ2v) is 5.60. The molecule has 1 aromatic carbocycles. The van der Waals surface area contributed by atoms with Crippen LogP contribution in [0.2, 0.25) is 0 Å². The number of hydrogen-bond acceptors (Lipinski definition) is 4. The molecule has 1 aliphatic heterocycles. The molecule has 2 rings (SSSR count). The lowest BCUT2D eigenvalue weighted by Gasteiger charge is -2.31. The first-order chi connectivity index (χ1) is 10.1. The lowest BCUT2D eigenvalue weighted by Crippen LogP contribution is -2.46. The van der Waals surface area contributed by atoms with Crippen LogP contribution >= 0.6 is 0 Å². The molecule has 4 atom stereocenters. The molecule has 4 unspecified atom stereocenters. The van der Waals surface area contributed by atoms with Crippen LogP contribution in [0.5, 0.6) is 0 Å². The number of nitrogens with two attached hydrogens (primary N) is 1. The summed E-state index contributed by atoms with van der Waals surface area (Å²) in [6.07, 6.45) is 0.833. The van der Waals surface area contributed by atoms with Gasteiger partial charge in [-0.3, -0.25) is 4.79 Å². The van der Waals surface area contributed by atoms with E-state index in [1.54, 1.807) is 6.92 Å². The van der Waals surface area contributed by atoms with E-state index in [9.17, 15) is 9.90 Å². The third-order valence-electron chi connectivity index (χ3n) is 3.92. The summed E-state index contributed by atoms with van der Waals surface area (Å²) >= 11 is 0. The molecule has 116 valence electrons. The number of rotatable bonds is 5. The van der Waals surface area contributed by atoms with Gasteiger partial charge >= 0.3 is 0 Å². The van der Waals surface area contributed by atoms with Crippen LogP contribution in [0.25, 0.3) is 0 Å². The topological polar surface area (TPSA) is 84.6 Å². The Morgan fingerprint density at radius 3 is 2.86 bits per heavy atom.